The van der Waals surface area contributed by atoms with Crippen LogP contribution in [0.15, 0.2) is 54.6 Å². The minimum Gasteiger partial charge on any atom is -0.337 e. The standard InChI is InChI=1S/C19H22N4O/c1-2-14-23-17-11-7-6-10-16(17)22-18(23)12-13-20-19(24)21-15-8-4-3-5-9-15/h3-11H,2,12-14H2,1H3,(H2,20,21,24). The summed E-state index contributed by atoms with van der Waals surface area (Å²) in [6.07, 6.45) is 1.76. The lowest BCUT2D eigenvalue weighted by Crippen LogP contribution is -2.30. The third-order valence-corrected chi connectivity index (χ3v) is 3.85. The maximum atomic E-state index is 11.9. The molecule has 0 atom stereocenters. The van der Waals surface area contributed by atoms with Crippen LogP contribution in [-0.4, -0.2) is 22.1 Å². The molecule has 0 radical (unpaired) electrons. The summed E-state index contributed by atoms with van der Waals surface area (Å²) in [7, 11) is 0. The second kappa shape index (κ2) is 7.64. The number of amides is 2. The smallest absolute Gasteiger partial charge is 0.319 e. The number of carbonyl (C=O) groups excluding carboxylic acids is 1. The van der Waals surface area contributed by atoms with Gasteiger partial charge < -0.3 is 15.2 Å². The highest BCUT2D eigenvalue weighted by Gasteiger charge is 2.10. The number of hydrogen-bond acceptors (Lipinski definition) is 2. The van der Waals surface area contributed by atoms with E-state index in [-0.39, 0.29) is 6.03 Å². The number of carbonyl (C=O) groups is 1. The van der Waals surface area contributed by atoms with Gasteiger partial charge in [-0.15, -0.1) is 0 Å². The van der Waals surface area contributed by atoms with Gasteiger partial charge in [-0.25, -0.2) is 9.78 Å². The first-order chi connectivity index (χ1) is 11.8. The van der Waals surface area contributed by atoms with Crippen molar-refractivity contribution in [3.8, 4) is 0 Å². The molecule has 0 unspecified atom stereocenters. The summed E-state index contributed by atoms with van der Waals surface area (Å²) >= 11 is 0. The van der Waals surface area contributed by atoms with Crippen LogP contribution in [0.25, 0.3) is 11.0 Å². The van der Waals surface area contributed by atoms with Gasteiger partial charge in [0.15, 0.2) is 0 Å². The van der Waals surface area contributed by atoms with E-state index < -0.39 is 0 Å². The van der Waals surface area contributed by atoms with E-state index in [4.69, 9.17) is 4.98 Å². The molecular weight excluding hydrogens is 300 g/mol. The van der Waals surface area contributed by atoms with Gasteiger partial charge in [-0.2, -0.15) is 0 Å². The molecule has 2 amide bonds. The zero-order valence-corrected chi connectivity index (χ0v) is 13.8. The van der Waals surface area contributed by atoms with Gasteiger partial charge >= 0.3 is 6.03 Å². The van der Waals surface area contributed by atoms with Crippen LogP contribution >= 0.6 is 0 Å². The number of fused-ring (bicyclic) bond motifs is 1. The molecule has 0 aliphatic rings. The fourth-order valence-corrected chi connectivity index (χ4v) is 2.77. The topological polar surface area (TPSA) is 59.0 Å². The van der Waals surface area contributed by atoms with Crippen molar-refractivity contribution in [1.82, 2.24) is 14.9 Å². The average molecular weight is 322 g/mol. The Kier molecular flexibility index (Phi) is 5.11. The number of urea groups is 1. The van der Waals surface area contributed by atoms with Crippen molar-refractivity contribution in [1.29, 1.82) is 0 Å². The van der Waals surface area contributed by atoms with Crippen LogP contribution in [0.2, 0.25) is 0 Å². The summed E-state index contributed by atoms with van der Waals surface area (Å²) < 4.78 is 2.24. The summed E-state index contributed by atoms with van der Waals surface area (Å²) in [5, 5.41) is 5.71. The van der Waals surface area contributed by atoms with Crippen LogP contribution in [0, 0.1) is 0 Å². The molecule has 124 valence electrons. The predicted molar refractivity (Wildman–Crippen MR) is 97.2 cm³/mol. The number of rotatable bonds is 6. The van der Waals surface area contributed by atoms with Crippen LogP contribution in [-0.2, 0) is 13.0 Å². The molecule has 0 aliphatic carbocycles. The molecule has 3 rings (SSSR count). The van der Waals surface area contributed by atoms with Gasteiger partial charge in [-0.05, 0) is 30.7 Å². The average Bonchev–Trinajstić information content (AvgIpc) is 2.94. The normalized spacial score (nSPS) is 10.7. The molecule has 0 fully saturated rings. The fraction of sp³-hybridized carbons (Fsp3) is 0.263. The van der Waals surface area contributed by atoms with E-state index in [1.807, 2.05) is 48.5 Å². The van der Waals surface area contributed by atoms with Crippen molar-refractivity contribution in [3.05, 3.63) is 60.4 Å². The largest absolute Gasteiger partial charge is 0.337 e. The first-order valence-corrected chi connectivity index (χ1v) is 8.32. The highest BCUT2D eigenvalue weighted by molar-refractivity contribution is 5.89. The molecule has 5 heteroatoms. The molecular formula is C19H22N4O. The Hall–Kier alpha value is -2.82. The Morgan fingerprint density at radius 1 is 1.08 bits per heavy atom. The van der Waals surface area contributed by atoms with Gasteiger partial charge in [0.25, 0.3) is 0 Å². The number of nitrogens with zero attached hydrogens (tertiary/aromatic N) is 2. The summed E-state index contributed by atoms with van der Waals surface area (Å²) in [6.45, 7) is 3.64. The number of aryl methyl sites for hydroxylation is 1. The predicted octanol–water partition coefficient (Wildman–Crippen LogP) is 3.81. The van der Waals surface area contributed by atoms with Crippen molar-refractivity contribution >= 4 is 22.8 Å². The van der Waals surface area contributed by atoms with Crippen molar-refractivity contribution in [2.45, 2.75) is 26.3 Å². The third-order valence-electron chi connectivity index (χ3n) is 3.85. The molecule has 3 aromatic rings. The molecule has 2 aromatic carbocycles. The maximum Gasteiger partial charge on any atom is 0.319 e. The second-order valence-corrected chi connectivity index (χ2v) is 5.67. The van der Waals surface area contributed by atoms with Gasteiger partial charge in [-0.1, -0.05) is 37.3 Å². The second-order valence-electron chi connectivity index (χ2n) is 5.67. The summed E-state index contributed by atoms with van der Waals surface area (Å²) in [5.41, 5.74) is 2.95. The van der Waals surface area contributed by atoms with Gasteiger partial charge in [0.2, 0.25) is 0 Å². The number of hydrogen-bond donors (Lipinski definition) is 2. The highest BCUT2D eigenvalue weighted by Crippen LogP contribution is 2.16. The number of benzene rings is 2. The van der Waals surface area contributed by atoms with E-state index in [1.165, 1.54) is 0 Å². The monoisotopic (exact) mass is 322 g/mol. The Balaban J connectivity index is 1.61. The van der Waals surface area contributed by atoms with E-state index in [9.17, 15) is 4.79 Å². The van der Waals surface area contributed by atoms with Crippen LogP contribution in [0.1, 0.15) is 19.2 Å². The van der Waals surface area contributed by atoms with Gasteiger partial charge in [0.05, 0.1) is 11.0 Å². The van der Waals surface area contributed by atoms with Gasteiger partial charge in [0.1, 0.15) is 5.82 Å². The lowest BCUT2D eigenvalue weighted by atomic mass is 10.3. The van der Waals surface area contributed by atoms with Crippen LogP contribution in [0.3, 0.4) is 0 Å². The molecule has 0 saturated carbocycles. The van der Waals surface area contributed by atoms with Gasteiger partial charge in [0, 0.05) is 25.2 Å². The number of nitrogens with one attached hydrogen (secondary N) is 2. The lowest BCUT2D eigenvalue weighted by molar-refractivity contribution is 0.252. The first-order valence-electron chi connectivity index (χ1n) is 8.32. The molecule has 1 heterocycles. The number of anilines is 1. The maximum absolute atomic E-state index is 11.9. The molecule has 0 bridgehead atoms. The van der Waals surface area contributed by atoms with E-state index in [2.05, 4.69) is 28.2 Å². The van der Waals surface area contributed by atoms with Gasteiger partial charge in [-0.3, -0.25) is 0 Å². The zero-order chi connectivity index (χ0) is 16.8. The summed E-state index contributed by atoms with van der Waals surface area (Å²) in [4.78, 5) is 16.6. The Morgan fingerprint density at radius 3 is 2.62 bits per heavy atom. The molecule has 24 heavy (non-hydrogen) atoms. The van der Waals surface area contributed by atoms with Crippen molar-refractivity contribution < 1.29 is 4.79 Å². The Bertz CT molecular complexity index is 811. The third kappa shape index (κ3) is 3.74. The molecule has 0 saturated heterocycles. The van der Waals surface area contributed by atoms with Crippen molar-refractivity contribution in [2.75, 3.05) is 11.9 Å². The van der Waals surface area contributed by atoms with E-state index >= 15 is 0 Å². The van der Waals surface area contributed by atoms with Crippen LogP contribution in [0.5, 0.6) is 0 Å². The summed E-state index contributed by atoms with van der Waals surface area (Å²) in [5.74, 6) is 1.01. The van der Waals surface area contributed by atoms with E-state index in [1.54, 1.807) is 0 Å². The number of para-hydroxylation sites is 3. The van der Waals surface area contributed by atoms with Crippen LogP contribution < -0.4 is 10.6 Å². The fourth-order valence-electron chi connectivity index (χ4n) is 2.77. The minimum absolute atomic E-state index is 0.195. The zero-order valence-electron chi connectivity index (χ0n) is 13.8. The summed E-state index contributed by atoms with van der Waals surface area (Å²) in [6, 6.07) is 17.4. The van der Waals surface area contributed by atoms with E-state index in [0.717, 1.165) is 35.5 Å². The quantitative estimate of drug-likeness (QED) is 0.725. The first kappa shape index (κ1) is 16.1. The highest BCUT2D eigenvalue weighted by atomic mass is 16.2. The molecule has 1 aromatic heterocycles. The lowest BCUT2D eigenvalue weighted by Gasteiger charge is -2.09. The Morgan fingerprint density at radius 2 is 1.83 bits per heavy atom. The minimum atomic E-state index is -0.195. The molecule has 0 aliphatic heterocycles. The molecule has 0 spiro atoms. The van der Waals surface area contributed by atoms with Crippen LogP contribution in [0.4, 0.5) is 10.5 Å². The molecule has 5 nitrogen and oxygen atoms in total. The number of aromatic nitrogens is 2. The SMILES string of the molecule is CCCn1c(CCNC(=O)Nc2ccccc2)nc2ccccc21. The van der Waals surface area contributed by atoms with Crippen molar-refractivity contribution in [2.24, 2.45) is 0 Å². The Labute approximate surface area is 141 Å². The molecule has 2 N–H and O–H groups in total. The van der Waals surface area contributed by atoms with Crippen molar-refractivity contribution in [3.63, 3.8) is 0 Å². The van der Waals surface area contributed by atoms with E-state index in [0.29, 0.717) is 13.0 Å². The number of imidazole rings is 1.